The number of carbonyl (C=O) groups excluding carboxylic acids is 1. The van der Waals surface area contributed by atoms with E-state index in [9.17, 15) is 4.79 Å². The number of carbonyl (C=O) groups is 1. The summed E-state index contributed by atoms with van der Waals surface area (Å²) in [5, 5.41) is 12.0. The molecule has 0 unspecified atom stereocenters. The number of H-pyrrole nitrogens is 1. The number of aromatic amines is 1. The van der Waals surface area contributed by atoms with Crippen LogP contribution in [0.15, 0.2) is 6.20 Å². The summed E-state index contributed by atoms with van der Waals surface area (Å²) >= 11 is 0. The van der Waals surface area contributed by atoms with E-state index in [0.29, 0.717) is 38.4 Å². The quantitative estimate of drug-likeness (QED) is 0.869. The van der Waals surface area contributed by atoms with Gasteiger partial charge in [-0.25, -0.2) is 0 Å². The van der Waals surface area contributed by atoms with Gasteiger partial charge in [0, 0.05) is 48.9 Å². The number of nitrogens with zero attached hydrogens (tertiary/aromatic N) is 4. The molecule has 0 saturated heterocycles. The largest absolute Gasteiger partial charge is 0.383 e. The Morgan fingerprint density at radius 1 is 1.43 bits per heavy atom. The molecule has 152 valence electrons. The first kappa shape index (κ1) is 19.1. The lowest BCUT2D eigenvalue weighted by atomic mass is 9.83. The van der Waals surface area contributed by atoms with E-state index in [1.54, 1.807) is 7.11 Å². The molecule has 0 bridgehead atoms. The first-order chi connectivity index (χ1) is 13.3. The average Bonchev–Trinajstić information content (AvgIpc) is 3.24. The number of hydrogen-bond acceptors (Lipinski definition) is 5. The van der Waals surface area contributed by atoms with Crippen LogP contribution in [0.3, 0.4) is 0 Å². The average molecular weight is 387 g/mol. The highest BCUT2D eigenvalue weighted by Crippen LogP contribution is 2.35. The van der Waals surface area contributed by atoms with Crippen LogP contribution in [0.1, 0.15) is 66.8 Å². The van der Waals surface area contributed by atoms with Crippen molar-refractivity contribution in [2.45, 2.75) is 64.8 Å². The molecule has 0 aliphatic carbocycles. The van der Waals surface area contributed by atoms with Crippen LogP contribution in [0.25, 0.3) is 0 Å². The molecule has 2 atom stereocenters. The number of nitrogens with one attached hydrogen (secondary N) is 1. The molecule has 0 fully saturated rings. The lowest BCUT2D eigenvalue weighted by Crippen LogP contribution is -2.46. The van der Waals surface area contributed by atoms with E-state index in [1.807, 2.05) is 29.6 Å². The van der Waals surface area contributed by atoms with Crippen molar-refractivity contribution in [2.24, 2.45) is 0 Å². The number of methoxy groups -OCH3 is 1. The molecule has 2 aliphatic heterocycles. The summed E-state index contributed by atoms with van der Waals surface area (Å²) in [6.07, 6.45) is 2.47. The summed E-state index contributed by atoms with van der Waals surface area (Å²) in [6.45, 7) is 10.5. The number of ether oxygens (including phenoxy) is 2. The van der Waals surface area contributed by atoms with Gasteiger partial charge in [-0.05, 0) is 13.8 Å². The third kappa shape index (κ3) is 3.14. The minimum absolute atomic E-state index is 0.0195. The van der Waals surface area contributed by atoms with E-state index in [-0.39, 0.29) is 23.5 Å². The van der Waals surface area contributed by atoms with Gasteiger partial charge in [0.05, 0.1) is 37.3 Å². The van der Waals surface area contributed by atoms with Crippen molar-refractivity contribution >= 4 is 5.91 Å². The lowest BCUT2D eigenvalue weighted by molar-refractivity contribution is -0.00722. The molecule has 0 radical (unpaired) electrons. The minimum atomic E-state index is -0.180. The SMILES string of the molecule is COCCn1nc2c(c1C(=O)N1Cc3cn[nH]c3C(C)(C)C1)C[C@H](C)O[C@@H]2C. The Balaban J connectivity index is 1.73. The second kappa shape index (κ2) is 7.00. The highest BCUT2D eigenvalue weighted by Gasteiger charge is 2.39. The van der Waals surface area contributed by atoms with E-state index < -0.39 is 0 Å². The maximum absolute atomic E-state index is 13.7. The van der Waals surface area contributed by atoms with Crippen molar-refractivity contribution in [3.8, 4) is 0 Å². The standard InChI is InChI=1S/C20H29N5O3/c1-12-8-15-16(13(2)28-12)23-25(6-7-27-5)17(15)19(26)24-10-14-9-21-22-18(14)20(3,4)11-24/h9,12-13H,6-8,10-11H2,1-5H3,(H,21,22)/t12-,13+/m0/s1. The van der Waals surface area contributed by atoms with Gasteiger partial charge >= 0.3 is 0 Å². The Morgan fingerprint density at radius 3 is 2.96 bits per heavy atom. The molecule has 8 nitrogen and oxygen atoms in total. The molecule has 2 aliphatic rings. The first-order valence-electron chi connectivity index (χ1n) is 9.87. The van der Waals surface area contributed by atoms with Crippen LogP contribution < -0.4 is 0 Å². The van der Waals surface area contributed by atoms with Crippen molar-refractivity contribution in [1.82, 2.24) is 24.9 Å². The zero-order valence-corrected chi connectivity index (χ0v) is 17.3. The van der Waals surface area contributed by atoms with Gasteiger partial charge in [0.15, 0.2) is 0 Å². The topological polar surface area (TPSA) is 85.3 Å². The Bertz CT molecular complexity index is 885. The van der Waals surface area contributed by atoms with Gasteiger partial charge in [-0.2, -0.15) is 10.2 Å². The fourth-order valence-corrected chi connectivity index (χ4v) is 4.50. The Kier molecular flexibility index (Phi) is 4.79. The molecule has 1 amide bonds. The van der Waals surface area contributed by atoms with Crippen molar-refractivity contribution in [3.05, 3.63) is 34.4 Å². The molecule has 0 spiro atoms. The van der Waals surface area contributed by atoms with E-state index >= 15 is 0 Å². The second-order valence-electron chi connectivity index (χ2n) is 8.54. The smallest absolute Gasteiger partial charge is 0.272 e. The Labute approximate surface area is 165 Å². The fraction of sp³-hybridized carbons (Fsp3) is 0.650. The third-order valence-electron chi connectivity index (χ3n) is 5.73. The van der Waals surface area contributed by atoms with Crippen molar-refractivity contribution in [3.63, 3.8) is 0 Å². The first-order valence-corrected chi connectivity index (χ1v) is 9.87. The highest BCUT2D eigenvalue weighted by molar-refractivity contribution is 5.94. The summed E-state index contributed by atoms with van der Waals surface area (Å²) in [6, 6.07) is 0. The predicted molar refractivity (Wildman–Crippen MR) is 103 cm³/mol. The zero-order chi connectivity index (χ0) is 20.1. The lowest BCUT2D eigenvalue weighted by Gasteiger charge is -2.37. The molecule has 28 heavy (non-hydrogen) atoms. The summed E-state index contributed by atoms with van der Waals surface area (Å²) < 4.78 is 13.0. The van der Waals surface area contributed by atoms with E-state index in [2.05, 4.69) is 24.0 Å². The molecule has 1 N–H and O–H groups in total. The van der Waals surface area contributed by atoms with Gasteiger partial charge in [-0.3, -0.25) is 14.6 Å². The molecular formula is C20H29N5O3. The molecule has 0 saturated carbocycles. The molecule has 2 aromatic heterocycles. The second-order valence-corrected chi connectivity index (χ2v) is 8.54. The van der Waals surface area contributed by atoms with Crippen LogP contribution in [0.5, 0.6) is 0 Å². The minimum Gasteiger partial charge on any atom is -0.383 e. The summed E-state index contributed by atoms with van der Waals surface area (Å²) in [4.78, 5) is 15.6. The highest BCUT2D eigenvalue weighted by atomic mass is 16.5. The normalized spacial score (nSPS) is 23.4. The summed E-state index contributed by atoms with van der Waals surface area (Å²) in [7, 11) is 1.66. The molecule has 4 rings (SSSR count). The molecule has 0 aromatic carbocycles. The van der Waals surface area contributed by atoms with Crippen molar-refractivity contribution in [2.75, 3.05) is 20.3 Å². The van der Waals surface area contributed by atoms with Gasteiger partial charge < -0.3 is 14.4 Å². The number of hydrogen-bond donors (Lipinski definition) is 1. The maximum Gasteiger partial charge on any atom is 0.272 e. The van der Waals surface area contributed by atoms with Gasteiger partial charge in [0.25, 0.3) is 5.91 Å². The van der Waals surface area contributed by atoms with Crippen LogP contribution in [-0.4, -0.2) is 57.2 Å². The Morgan fingerprint density at radius 2 is 2.21 bits per heavy atom. The molecule has 8 heteroatoms. The van der Waals surface area contributed by atoms with Crippen molar-refractivity contribution < 1.29 is 14.3 Å². The number of amides is 1. The molecular weight excluding hydrogens is 358 g/mol. The van der Waals surface area contributed by atoms with Gasteiger partial charge in [0.2, 0.25) is 0 Å². The molecule has 2 aromatic rings. The summed E-state index contributed by atoms with van der Waals surface area (Å²) in [5.74, 6) is 0.0195. The number of aromatic nitrogens is 4. The Hall–Kier alpha value is -2.19. The third-order valence-corrected chi connectivity index (χ3v) is 5.73. The van der Waals surface area contributed by atoms with Gasteiger partial charge in [0.1, 0.15) is 5.69 Å². The van der Waals surface area contributed by atoms with Gasteiger partial charge in [-0.15, -0.1) is 0 Å². The maximum atomic E-state index is 13.7. The monoisotopic (exact) mass is 387 g/mol. The van der Waals surface area contributed by atoms with Crippen LogP contribution in [0, 0.1) is 0 Å². The fourth-order valence-electron chi connectivity index (χ4n) is 4.50. The zero-order valence-electron chi connectivity index (χ0n) is 17.3. The van der Waals surface area contributed by atoms with Crippen LogP contribution in [0.4, 0.5) is 0 Å². The van der Waals surface area contributed by atoms with Crippen molar-refractivity contribution in [1.29, 1.82) is 0 Å². The van der Waals surface area contributed by atoms with Crippen LogP contribution in [-0.2, 0) is 34.4 Å². The van der Waals surface area contributed by atoms with E-state index in [1.165, 1.54) is 0 Å². The van der Waals surface area contributed by atoms with Crippen LogP contribution >= 0.6 is 0 Å². The summed E-state index contributed by atoms with van der Waals surface area (Å²) in [5.41, 5.74) is 4.58. The van der Waals surface area contributed by atoms with Gasteiger partial charge in [-0.1, -0.05) is 13.8 Å². The number of fused-ring (bicyclic) bond motifs is 2. The van der Waals surface area contributed by atoms with Crippen LogP contribution in [0.2, 0.25) is 0 Å². The molecule has 4 heterocycles. The van der Waals surface area contributed by atoms with E-state index in [0.717, 1.165) is 22.5 Å². The predicted octanol–water partition coefficient (Wildman–Crippen LogP) is 2.21. The van der Waals surface area contributed by atoms with E-state index in [4.69, 9.17) is 14.6 Å². The number of rotatable bonds is 4.